The predicted octanol–water partition coefficient (Wildman–Crippen LogP) is 3.09. The third-order valence-corrected chi connectivity index (χ3v) is 4.01. The van der Waals surface area contributed by atoms with Crippen LogP contribution < -0.4 is 0 Å². The van der Waals surface area contributed by atoms with Crippen molar-refractivity contribution in [3.63, 3.8) is 0 Å². The molecule has 0 N–H and O–H groups in total. The topological polar surface area (TPSA) is 12.5 Å². The molecule has 0 atom stereocenters. The molecule has 2 nitrogen and oxygen atoms in total. The zero-order valence-corrected chi connectivity index (χ0v) is 12.1. The van der Waals surface area contributed by atoms with Gasteiger partial charge in [-0.1, -0.05) is 24.6 Å². The Labute approximate surface area is 115 Å². The number of hydrogen-bond donors (Lipinski definition) is 0. The van der Waals surface area contributed by atoms with Crippen molar-refractivity contribution in [3.05, 3.63) is 33.8 Å². The first-order chi connectivity index (χ1) is 8.70. The van der Waals surface area contributed by atoms with Crippen LogP contribution in [-0.2, 0) is 17.6 Å². The van der Waals surface area contributed by atoms with E-state index in [1.807, 2.05) is 0 Å². The first-order valence-corrected chi connectivity index (χ1v) is 7.16. The Balaban J connectivity index is 2.00. The largest absolute Gasteiger partial charge is 0.379 e. The van der Waals surface area contributed by atoms with Crippen molar-refractivity contribution < 1.29 is 4.74 Å². The van der Waals surface area contributed by atoms with Crippen molar-refractivity contribution in [3.8, 4) is 0 Å². The van der Waals surface area contributed by atoms with Crippen molar-refractivity contribution in [1.82, 2.24) is 4.90 Å². The Bertz CT molecular complexity index is 376. The third-order valence-electron chi connectivity index (χ3n) is 3.67. The van der Waals surface area contributed by atoms with E-state index in [-0.39, 0.29) is 0 Å². The number of benzene rings is 1. The van der Waals surface area contributed by atoms with Crippen LogP contribution in [-0.4, -0.2) is 37.7 Å². The minimum atomic E-state index is 0.863. The minimum absolute atomic E-state index is 0.863. The summed E-state index contributed by atoms with van der Waals surface area (Å²) in [6, 6.07) is 4.38. The van der Waals surface area contributed by atoms with Crippen molar-refractivity contribution in [2.24, 2.45) is 0 Å². The lowest BCUT2D eigenvalue weighted by Crippen LogP contribution is -2.37. The van der Waals surface area contributed by atoms with Gasteiger partial charge in [0.25, 0.3) is 0 Å². The van der Waals surface area contributed by atoms with E-state index in [2.05, 4.69) is 30.9 Å². The Hall–Kier alpha value is -0.570. The zero-order valence-electron chi connectivity index (χ0n) is 11.3. The molecule has 0 bridgehead atoms. The van der Waals surface area contributed by atoms with Crippen LogP contribution in [0.2, 0.25) is 5.02 Å². The Morgan fingerprint density at radius 3 is 2.61 bits per heavy atom. The van der Waals surface area contributed by atoms with Gasteiger partial charge in [-0.15, -0.1) is 0 Å². The van der Waals surface area contributed by atoms with E-state index in [9.17, 15) is 0 Å². The summed E-state index contributed by atoms with van der Waals surface area (Å²) in [6.45, 7) is 9.23. The standard InChI is InChI=1S/C15H22ClNO/c1-3-13-10-12(2)14(15(16)11-13)4-5-17-6-8-18-9-7-17/h10-11H,3-9H2,1-2H3. The molecular formula is C15H22ClNO. The third kappa shape index (κ3) is 3.47. The SMILES string of the molecule is CCc1cc(C)c(CCN2CCOCC2)c(Cl)c1. The molecule has 2 rings (SSSR count). The smallest absolute Gasteiger partial charge is 0.0594 e. The van der Waals surface area contributed by atoms with E-state index < -0.39 is 0 Å². The summed E-state index contributed by atoms with van der Waals surface area (Å²) in [5, 5.41) is 0.931. The van der Waals surface area contributed by atoms with Crippen LogP contribution in [0.1, 0.15) is 23.6 Å². The maximum Gasteiger partial charge on any atom is 0.0594 e. The van der Waals surface area contributed by atoms with Crippen molar-refractivity contribution in [2.45, 2.75) is 26.7 Å². The molecule has 0 radical (unpaired) electrons. The Morgan fingerprint density at radius 2 is 2.00 bits per heavy atom. The van der Waals surface area contributed by atoms with Gasteiger partial charge in [0, 0.05) is 24.7 Å². The molecule has 0 aromatic heterocycles. The van der Waals surface area contributed by atoms with Gasteiger partial charge >= 0.3 is 0 Å². The molecule has 0 unspecified atom stereocenters. The highest BCUT2D eigenvalue weighted by atomic mass is 35.5. The number of aryl methyl sites for hydroxylation is 2. The fourth-order valence-electron chi connectivity index (χ4n) is 2.46. The number of halogens is 1. The summed E-state index contributed by atoms with van der Waals surface area (Å²) >= 11 is 6.39. The summed E-state index contributed by atoms with van der Waals surface area (Å²) in [7, 11) is 0. The van der Waals surface area contributed by atoms with Gasteiger partial charge < -0.3 is 4.74 Å². The number of ether oxygens (including phenoxy) is 1. The number of nitrogens with zero attached hydrogens (tertiary/aromatic N) is 1. The molecule has 1 aromatic rings. The van der Waals surface area contributed by atoms with Gasteiger partial charge in [-0.25, -0.2) is 0 Å². The predicted molar refractivity (Wildman–Crippen MR) is 76.5 cm³/mol. The van der Waals surface area contributed by atoms with Gasteiger partial charge in [0.15, 0.2) is 0 Å². The molecule has 0 aliphatic carbocycles. The highest BCUT2D eigenvalue weighted by molar-refractivity contribution is 6.31. The van der Waals surface area contributed by atoms with Crippen molar-refractivity contribution in [1.29, 1.82) is 0 Å². The molecule has 18 heavy (non-hydrogen) atoms. The van der Waals surface area contributed by atoms with E-state index in [1.165, 1.54) is 16.7 Å². The second-order valence-electron chi connectivity index (χ2n) is 4.93. The molecule has 0 saturated carbocycles. The molecule has 0 amide bonds. The van der Waals surface area contributed by atoms with E-state index in [0.29, 0.717) is 0 Å². The summed E-state index contributed by atoms with van der Waals surface area (Å²) in [6.07, 6.45) is 2.08. The van der Waals surface area contributed by atoms with E-state index in [4.69, 9.17) is 16.3 Å². The maximum absolute atomic E-state index is 6.39. The second-order valence-corrected chi connectivity index (χ2v) is 5.34. The molecular weight excluding hydrogens is 246 g/mol. The van der Waals surface area contributed by atoms with Gasteiger partial charge in [0.2, 0.25) is 0 Å². The minimum Gasteiger partial charge on any atom is -0.379 e. The zero-order chi connectivity index (χ0) is 13.0. The first kappa shape index (κ1) is 13.9. The Kier molecular flexibility index (Phi) is 5.04. The fourth-order valence-corrected chi connectivity index (χ4v) is 2.84. The van der Waals surface area contributed by atoms with Gasteiger partial charge in [0.05, 0.1) is 13.2 Å². The molecule has 1 saturated heterocycles. The summed E-state index contributed by atoms with van der Waals surface area (Å²) in [5.41, 5.74) is 3.96. The van der Waals surface area contributed by atoms with Crippen molar-refractivity contribution >= 4 is 11.6 Å². The maximum atomic E-state index is 6.39. The highest BCUT2D eigenvalue weighted by Crippen LogP contribution is 2.23. The molecule has 0 spiro atoms. The second kappa shape index (κ2) is 6.55. The van der Waals surface area contributed by atoms with Crippen LogP contribution in [0.5, 0.6) is 0 Å². The van der Waals surface area contributed by atoms with Crippen LogP contribution in [0.3, 0.4) is 0 Å². The first-order valence-electron chi connectivity index (χ1n) is 6.78. The molecule has 1 aliphatic heterocycles. The average molecular weight is 268 g/mol. The molecule has 1 aliphatic rings. The fraction of sp³-hybridized carbons (Fsp3) is 0.600. The average Bonchev–Trinajstić information content (AvgIpc) is 2.38. The monoisotopic (exact) mass is 267 g/mol. The van der Waals surface area contributed by atoms with Crippen LogP contribution >= 0.6 is 11.6 Å². The number of morpholine rings is 1. The van der Waals surface area contributed by atoms with E-state index >= 15 is 0 Å². The summed E-state index contributed by atoms with van der Waals surface area (Å²) < 4.78 is 5.36. The molecule has 1 fully saturated rings. The van der Waals surface area contributed by atoms with Gasteiger partial charge in [-0.2, -0.15) is 0 Å². The summed E-state index contributed by atoms with van der Waals surface area (Å²) in [4.78, 5) is 2.45. The Morgan fingerprint density at radius 1 is 1.28 bits per heavy atom. The summed E-state index contributed by atoms with van der Waals surface area (Å²) in [5.74, 6) is 0. The lowest BCUT2D eigenvalue weighted by atomic mass is 10.0. The van der Waals surface area contributed by atoms with Crippen LogP contribution in [0.25, 0.3) is 0 Å². The van der Waals surface area contributed by atoms with Crippen LogP contribution in [0.4, 0.5) is 0 Å². The molecule has 3 heteroatoms. The highest BCUT2D eigenvalue weighted by Gasteiger charge is 2.12. The van der Waals surface area contributed by atoms with Crippen LogP contribution in [0.15, 0.2) is 12.1 Å². The van der Waals surface area contributed by atoms with Crippen molar-refractivity contribution in [2.75, 3.05) is 32.8 Å². The van der Waals surface area contributed by atoms with Crippen LogP contribution in [0, 0.1) is 6.92 Å². The number of rotatable bonds is 4. The normalized spacial score (nSPS) is 17.1. The molecule has 1 heterocycles. The van der Waals surface area contributed by atoms with Gasteiger partial charge in [-0.05, 0) is 42.5 Å². The van der Waals surface area contributed by atoms with Gasteiger partial charge in [-0.3, -0.25) is 4.90 Å². The molecule has 100 valence electrons. The van der Waals surface area contributed by atoms with E-state index in [0.717, 1.165) is 50.7 Å². The lowest BCUT2D eigenvalue weighted by molar-refractivity contribution is 0.0384. The van der Waals surface area contributed by atoms with Gasteiger partial charge in [0.1, 0.15) is 0 Å². The molecule has 1 aromatic carbocycles. The van der Waals surface area contributed by atoms with E-state index in [1.54, 1.807) is 0 Å². The number of hydrogen-bond acceptors (Lipinski definition) is 2. The lowest BCUT2D eigenvalue weighted by Gasteiger charge is -2.27. The quantitative estimate of drug-likeness (QED) is 0.831.